The number of allylic oxidation sites excluding steroid dienone is 3. The van der Waals surface area contributed by atoms with Crippen LogP contribution in [0.4, 0.5) is 14.6 Å². The number of carbonyl (C=O) groups is 1. The fourth-order valence-corrected chi connectivity index (χ4v) is 5.97. The lowest BCUT2D eigenvalue weighted by Gasteiger charge is -2.17. The third-order valence-corrected chi connectivity index (χ3v) is 8.20. The second kappa shape index (κ2) is 11.2. The molecule has 0 unspecified atom stereocenters. The summed E-state index contributed by atoms with van der Waals surface area (Å²) in [6, 6.07) is 6.74. The second-order valence-electron chi connectivity index (χ2n) is 8.64. The zero-order chi connectivity index (χ0) is 27.6. The van der Waals surface area contributed by atoms with Crippen LogP contribution in [0.1, 0.15) is 29.9 Å². The Labute approximate surface area is 223 Å². The Morgan fingerprint density at radius 3 is 2.67 bits per heavy atom. The van der Waals surface area contributed by atoms with Gasteiger partial charge in [0, 0.05) is 18.3 Å². The normalized spacial score (nSPS) is 14.9. The van der Waals surface area contributed by atoms with E-state index in [1.54, 1.807) is 18.9 Å². The summed E-state index contributed by atoms with van der Waals surface area (Å²) >= 11 is 0. The molecule has 0 radical (unpaired) electrons. The number of rotatable bonds is 10. The summed E-state index contributed by atoms with van der Waals surface area (Å²) in [7, 11) is -3.44. The summed E-state index contributed by atoms with van der Waals surface area (Å²) in [4.78, 5) is 17.5. The van der Waals surface area contributed by atoms with Gasteiger partial charge < -0.3 is 14.4 Å². The summed E-state index contributed by atoms with van der Waals surface area (Å²) in [6.45, 7) is 4.19. The lowest BCUT2D eigenvalue weighted by Crippen LogP contribution is -2.26. The number of hydrogen-bond donors (Lipinski definition) is 2. The molecule has 0 spiro atoms. The van der Waals surface area contributed by atoms with Gasteiger partial charge in [0.05, 0.1) is 42.6 Å². The highest BCUT2D eigenvalue weighted by molar-refractivity contribution is 7.53. The van der Waals surface area contributed by atoms with E-state index in [0.717, 1.165) is 5.70 Å². The largest absolute Gasteiger partial charge is 0.332 e. The fourth-order valence-electron chi connectivity index (χ4n) is 4.42. The predicted octanol–water partition coefficient (Wildman–Crippen LogP) is 4.84. The van der Waals surface area contributed by atoms with E-state index < -0.39 is 25.1 Å². The molecule has 2 aromatic heterocycles. The van der Waals surface area contributed by atoms with Gasteiger partial charge in [-0.1, -0.05) is 18.2 Å². The van der Waals surface area contributed by atoms with Crippen LogP contribution in [0.25, 0.3) is 16.6 Å². The van der Waals surface area contributed by atoms with Crippen LogP contribution in [-0.4, -0.2) is 51.6 Å². The predicted molar refractivity (Wildman–Crippen MR) is 143 cm³/mol. The number of pyridine rings is 1. The average Bonchev–Trinajstić information content (AvgIpc) is 3.49. The van der Waals surface area contributed by atoms with Crippen molar-refractivity contribution >= 4 is 35.9 Å². The molecule has 0 saturated heterocycles. The van der Waals surface area contributed by atoms with Crippen molar-refractivity contribution in [1.29, 1.82) is 0 Å². The first-order valence-corrected chi connectivity index (χ1v) is 14.2. The number of hydrogen-bond acceptors (Lipinski definition) is 8. The van der Waals surface area contributed by atoms with Crippen LogP contribution in [-0.2, 0) is 20.2 Å². The molecule has 10 nitrogen and oxygen atoms in total. The van der Waals surface area contributed by atoms with Gasteiger partial charge in [0.2, 0.25) is 0 Å². The highest BCUT2D eigenvalue weighted by atomic mass is 31.2. The van der Waals surface area contributed by atoms with Crippen LogP contribution >= 0.6 is 7.60 Å². The van der Waals surface area contributed by atoms with Crippen LogP contribution in [0.3, 0.4) is 0 Å². The van der Waals surface area contributed by atoms with Crippen molar-refractivity contribution in [3.63, 3.8) is 0 Å². The molecule has 0 bridgehead atoms. The first kappa shape index (κ1) is 26.9. The van der Waals surface area contributed by atoms with Crippen LogP contribution in [0.15, 0.2) is 60.5 Å². The number of aromatic nitrogens is 3. The number of benzene rings is 1. The highest BCUT2D eigenvalue weighted by Crippen LogP contribution is 2.48. The Morgan fingerprint density at radius 1 is 1.15 bits per heavy atom. The molecule has 0 fully saturated rings. The molecule has 2 N–H and O–H groups in total. The maximum absolute atomic E-state index is 15.5. The van der Waals surface area contributed by atoms with Crippen LogP contribution in [0, 0.1) is 11.6 Å². The van der Waals surface area contributed by atoms with Crippen molar-refractivity contribution < 1.29 is 27.2 Å². The number of nitrogens with zero attached hydrogens (tertiary/aromatic N) is 4. The molecule has 39 heavy (non-hydrogen) atoms. The number of fused-ring (bicyclic) bond motifs is 2. The van der Waals surface area contributed by atoms with E-state index in [4.69, 9.17) is 9.05 Å². The van der Waals surface area contributed by atoms with Crippen molar-refractivity contribution in [2.24, 2.45) is 0 Å². The van der Waals surface area contributed by atoms with Crippen molar-refractivity contribution in [1.82, 2.24) is 25.2 Å². The number of anilines is 1. The zero-order valence-electron chi connectivity index (χ0n) is 21.4. The third-order valence-electron chi connectivity index (χ3n) is 6.14. The van der Waals surface area contributed by atoms with Gasteiger partial charge in [0.1, 0.15) is 17.3 Å². The molecular formula is C26H27F2N6O4P. The molecule has 13 heteroatoms. The Bertz CT molecular complexity index is 1560. The minimum Gasteiger partial charge on any atom is -0.309 e. The second-order valence-corrected chi connectivity index (χ2v) is 10.8. The molecule has 3 aromatic rings. The van der Waals surface area contributed by atoms with Crippen molar-refractivity contribution in [2.75, 3.05) is 31.2 Å². The average molecular weight is 557 g/mol. The molecule has 204 valence electrons. The molecule has 2 aliphatic heterocycles. The molecule has 4 heterocycles. The molecular weight excluding hydrogens is 529 g/mol. The minimum atomic E-state index is -3.44. The Kier molecular flexibility index (Phi) is 7.72. The van der Waals surface area contributed by atoms with Gasteiger partial charge in [-0.2, -0.15) is 5.10 Å². The van der Waals surface area contributed by atoms with Crippen LogP contribution < -0.4 is 10.7 Å². The van der Waals surface area contributed by atoms with Crippen LogP contribution in [0.2, 0.25) is 0 Å². The molecule has 5 rings (SSSR count). The lowest BCUT2D eigenvalue weighted by atomic mass is 10.1. The molecule has 0 saturated carbocycles. The molecule has 2 aliphatic rings. The van der Waals surface area contributed by atoms with Gasteiger partial charge >= 0.3 is 7.60 Å². The van der Waals surface area contributed by atoms with Crippen LogP contribution in [0.5, 0.6) is 0 Å². The van der Waals surface area contributed by atoms with Gasteiger partial charge in [0.25, 0.3) is 5.91 Å². The lowest BCUT2D eigenvalue weighted by molar-refractivity contribution is 0.102. The third kappa shape index (κ3) is 5.41. The van der Waals surface area contributed by atoms with Crippen molar-refractivity contribution in [3.05, 3.63) is 83.3 Å². The molecule has 0 atom stereocenters. The Balaban J connectivity index is 1.57. The van der Waals surface area contributed by atoms with Crippen molar-refractivity contribution in [2.45, 2.75) is 20.4 Å². The molecule has 0 aliphatic carbocycles. The van der Waals surface area contributed by atoms with E-state index in [1.807, 2.05) is 24.4 Å². The summed E-state index contributed by atoms with van der Waals surface area (Å²) in [5.41, 5.74) is 4.70. The van der Waals surface area contributed by atoms with Crippen molar-refractivity contribution in [3.8, 4) is 0 Å². The number of amides is 1. The standard InChI is InChI=1S/C26H27F2N6O4P/c1-3-37-39(36,38-4-2)14-13-34-25-18(24(32-34)31-26(35)17-9-5-6-10-20(17)27)15-21(28)23(30-25)19-16-29-33-12-8-7-11-22(19)33/h5-12,15,29H,3-4,13-14,16H2,1-2H3,(H,31,32,35). The minimum absolute atomic E-state index is 0.0109. The quantitative estimate of drug-likeness (QED) is 0.342. The first-order valence-electron chi connectivity index (χ1n) is 12.5. The van der Waals surface area contributed by atoms with E-state index in [-0.39, 0.29) is 54.0 Å². The fraction of sp³-hybridized carbons (Fsp3) is 0.269. The monoisotopic (exact) mass is 556 g/mol. The summed E-state index contributed by atoms with van der Waals surface area (Å²) in [5.74, 6) is -2.09. The van der Waals surface area contributed by atoms with E-state index in [1.165, 1.54) is 35.0 Å². The highest BCUT2D eigenvalue weighted by Gasteiger charge is 2.28. The molecule has 1 amide bonds. The van der Waals surface area contributed by atoms with Gasteiger partial charge in [-0.3, -0.25) is 14.4 Å². The number of carbonyl (C=O) groups excluding carboxylic acids is 1. The van der Waals surface area contributed by atoms with E-state index in [9.17, 15) is 13.8 Å². The number of nitrogens with one attached hydrogen (secondary N) is 2. The van der Waals surface area contributed by atoms with Gasteiger partial charge in [-0.25, -0.2) is 23.9 Å². The maximum Gasteiger partial charge on any atom is 0.332 e. The summed E-state index contributed by atoms with van der Waals surface area (Å²) in [5, 5.41) is 8.98. The zero-order valence-corrected chi connectivity index (χ0v) is 22.3. The topological polar surface area (TPSA) is 111 Å². The Morgan fingerprint density at radius 2 is 1.92 bits per heavy atom. The maximum atomic E-state index is 15.5. The smallest absolute Gasteiger partial charge is 0.309 e. The van der Waals surface area contributed by atoms with Gasteiger partial charge in [-0.05, 0) is 44.2 Å². The number of halogens is 2. The number of hydrazine groups is 1. The Hall–Kier alpha value is -3.70. The van der Waals surface area contributed by atoms with E-state index in [2.05, 4.69) is 20.8 Å². The van der Waals surface area contributed by atoms with E-state index >= 15 is 4.39 Å². The van der Waals surface area contributed by atoms with Gasteiger partial charge in [0.15, 0.2) is 11.5 Å². The SMILES string of the molecule is CCOP(=O)(CCn1nc(NC(=O)c2ccccc2F)c2cc(F)c(C3=C4C=CC=CN4NC3)nc21)OCC. The van der Waals surface area contributed by atoms with E-state index in [0.29, 0.717) is 12.1 Å². The number of aryl methyl sites for hydroxylation is 1. The molecule has 1 aromatic carbocycles. The summed E-state index contributed by atoms with van der Waals surface area (Å²) in [6.07, 6.45) is 7.32. The summed E-state index contributed by atoms with van der Waals surface area (Å²) < 4.78 is 55.1. The van der Waals surface area contributed by atoms with Gasteiger partial charge in [-0.15, -0.1) is 0 Å². The first-order chi connectivity index (χ1) is 18.8.